The molecule has 1 heterocycles. The van der Waals surface area contributed by atoms with Gasteiger partial charge in [-0.15, -0.1) is 0 Å². The van der Waals surface area contributed by atoms with Crippen molar-refractivity contribution in [1.82, 2.24) is 0 Å². The van der Waals surface area contributed by atoms with Gasteiger partial charge < -0.3 is 10.1 Å². The van der Waals surface area contributed by atoms with Gasteiger partial charge in [-0.25, -0.2) is 0 Å². The van der Waals surface area contributed by atoms with E-state index in [-0.39, 0.29) is 0 Å². The first-order valence-corrected chi connectivity index (χ1v) is 5.71. The molecule has 1 aromatic carbocycles. The molecule has 1 unspecified atom stereocenters. The molecule has 6 heteroatoms. The van der Waals surface area contributed by atoms with Crippen LogP contribution >= 0.6 is 46.4 Å². The molecule has 2 rings (SSSR count). The number of alkyl halides is 3. The van der Waals surface area contributed by atoms with Crippen molar-refractivity contribution in [3.63, 3.8) is 0 Å². The van der Waals surface area contributed by atoms with Gasteiger partial charge in [0, 0.05) is 16.3 Å². The molecular formula is C9H7Cl4NO. The highest BCUT2D eigenvalue weighted by atomic mass is 35.6. The van der Waals surface area contributed by atoms with Crippen LogP contribution in [0.4, 0.5) is 5.69 Å². The molecule has 0 aliphatic carbocycles. The summed E-state index contributed by atoms with van der Waals surface area (Å²) in [7, 11) is 0. The summed E-state index contributed by atoms with van der Waals surface area (Å²) in [6, 6.07) is 5.43. The lowest BCUT2D eigenvalue weighted by Crippen LogP contribution is -2.39. The fraction of sp³-hybridized carbons (Fsp3) is 0.333. The monoisotopic (exact) mass is 285 g/mol. The summed E-state index contributed by atoms with van der Waals surface area (Å²) in [5.74, 6) is 0. The zero-order valence-corrected chi connectivity index (χ0v) is 10.5. The van der Waals surface area contributed by atoms with Gasteiger partial charge in [-0.05, 0) is 18.2 Å². The van der Waals surface area contributed by atoms with E-state index >= 15 is 0 Å². The van der Waals surface area contributed by atoms with E-state index in [4.69, 9.17) is 51.1 Å². The minimum absolute atomic E-state index is 0.376. The highest BCUT2D eigenvalue weighted by Crippen LogP contribution is 2.37. The second-order valence-electron chi connectivity index (χ2n) is 3.18. The van der Waals surface area contributed by atoms with Crippen LogP contribution in [0.15, 0.2) is 18.2 Å². The Labute approximate surface area is 107 Å². The Bertz CT molecular complexity index is 377. The number of hydrogen-bond acceptors (Lipinski definition) is 2. The van der Waals surface area contributed by atoms with Crippen molar-refractivity contribution in [2.24, 2.45) is 0 Å². The molecule has 0 saturated heterocycles. The van der Waals surface area contributed by atoms with Crippen LogP contribution in [-0.4, -0.2) is 10.0 Å². The van der Waals surface area contributed by atoms with Gasteiger partial charge in [0.05, 0.1) is 6.61 Å². The van der Waals surface area contributed by atoms with E-state index in [1.165, 1.54) is 0 Å². The van der Waals surface area contributed by atoms with Gasteiger partial charge in [0.15, 0.2) is 6.23 Å². The second-order valence-corrected chi connectivity index (χ2v) is 5.98. The molecule has 0 spiro atoms. The molecule has 2 nitrogen and oxygen atoms in total. The van der Waals surface area contributed by atoms with E-state index in [1.807, 2.05) is 12.1 Å². The average Bonchev–Trinajstić information content (AvgIpc) is 2.15. The third kappa shape index (κ3) is 2.63. The minimum atomic E-state index is -1.49. The quantitative estimate of drug-likeness (QED) is 0.729. The number of rotatable bonds is 0. The van der Waals surface area contributed by atoms with E-state index < -0.39 is 10.0 Å². The van der Waals surface area contributed by atoms with Crippen LogP contribution in [-0.2, 0) is 11.3 Å². The van der Waals surface area contributed by atoms with Gasteiger partial charge in [0.1, 0.15) is 0 Å². The van der Waals surface area contributed by atoms with Gasteiger partial charge in [-0.3, -0.25) is 0 Å². The minimum Gasteiger partial charge on any atom is -0.356 e. The number of ether oxygens (including phenoxy) is 1. The molecular weight excluding hydrogens is 280 g/mol. The first kappa shape index (κ1) is 11.6. The van der Waals surface area contributed by atoms with E-state index in [0.29, 0.717) is 11.6 Å². The predicted octanol–water partition coefficient (Wildman–Crippen LogP) is 3.98. The first-order valence-electron chi connectivity index (χ1n) is 4.20. The summed E-state index contributed by atoms with van der Waals surface area (Å²) in [6.07, 6.45) is -0.642. The smallest absolute Gasteiger partial charge is 0.234 e. The van der Waals surface area contributed by atoms with E-state index in [9.17, 15) is 0 Å². The largest absolute Gasteiger partial charge is 0.356 e. The maximum atomic E-state index is 5.84. The van der Waals surface area contributed by atoms with Crippen molar-refractivity contribution in [1.29, 1.82) is 0 Å². The lowest BCUT2D eigenvalue weighted by atomic mass is 10.1. The Morgan fingerprint density at radius 1 is 1.33 bits per heavy atom. The molecule has 0 fully saturated rings. The van der Waals surface area contributed by atoms with E-state index in [2.05, 4.69) is 5.32 Å². The summed E-state index contributed by atoms with van der Waals surface area (Å²) in [5.41, 5.74) is 1.83. The molecule has 15 heavy (non-hydrogen) atoms. The molecule has 1 atom stereocenters. The fourth-order valence-electron chi connectivity index (χ4n) is 1.35. The maximum Gasteiger partial charge on any atom is 0.234 e. The van der Waals surface area contributed by atoms with Gasteiger partial charge in [0.25, 0.3) is 0 Å². The first-order chi connectivity index (χ1) is 6.97. The van der Waals surface area contributed by atoms with Crippen molar-refractivity contribution in [3.8, 4) is 0 Å². The summed E-state index contributed by atoms with van der Waals surface area (Å²) >= 11 is 23.0. The third-order valence-electron chi connectivity index (χ3n) is 2.06. The number of anilines is 1. The van der Waals surface area contributed by atoms with Crippen LogP contribution < -0.4 is 5.32 Å². The van der Waals surface area contributed by atoms with Gasteiger partial charge in [-0.1, -0.05) is 46.4 Å². The standard InChI is InChI=1S/C9H7Cl4NO/c10-6-1-2-7-5(3-6)4-15-8(14-7)9(11,12)13/h1-3,8,14H,4H2. The molecule has 0 amide bonds. The number of benzene rings is 1. The lowest BCUT2D eigenvalue weighted by molar-refractivity contribution is 0.0539. The number of halogens is 4. The normalized spacial score (nSPS) is 20.7. The summed E-state index contributed by atoms with van der Waals surface area (Å²) in [5, 5.41) is 3.65. The molecule has 0 aromatic heterocycles. The van der Waals surface area contributed by atoms with Gasteiger partial charge >= 0.3 is 0 Å². The van der Waals surface area contributed by atoms with Crippen LogP contribution in [0, 0.1) is 0 Å². The predicted molar refractivity (Wildman–Crippen MR) is 63.9 cm³/mol. The van der Waals surface area contributed by atoms with Gasteiger partial charge in [0.2, 0.25) is 3.79 Å². The summed E-state index contributed by atoms with van der Waals surface area (Å²) in [6.45, 7) is 0.376. The number of hydrogen-bond donors (Lipinski definition) is 1. The molecule has 1 aliphatic rings. The molecule has 1 aromatic rings. The van der Waals surface area contributed by atoms with Gasteiger partial charge in [-0.2, -0.15) is 0 Å². The SMILES string of the molecule is Clc1ccc2c(c1)COC(C(Cl)(Cl)Cl)N2. The van der Waals surface area contributed by atoms with Crippen LogP contribution in [0.2, 0.25) is 5.02 Å². The van der Waals surface area contributed by atoms with E-state index in [1.54, 1.807) is 6.07 Å². The van der Waals surface area contributed by atoms with Crippen LogP contribution in [0.25, 0.3) is 0 Å². The Morgan fingerprint density at radius 2 is 2.07 bits per heavy atom. The Morgan fingerprint density at radius 3 is 2.73 bits per heavy atom. The average molecular weight is 287 g/mol. The maximum absolute atomic E-state index is 5.84. The molecule has 82 valence electrons. The van der Waals surface area contributed by atoms with E-state index in [0.717, 1.165) is 11.3 Å². The van der Waals surface area contributed by atoms with Crippen molar-refractivity contribution in [3.05, 3.63) is 28.8 Å². The fourth-order valence-corrected chi connectivity index (χ4v) is 1.90. The number of nitrogens with one attached hydrogen (secondary N) is 1. The topological polar surface area (TPSA) is 21.3 Å². The Kier molecular flexibility index (Phi) is 3.25. The van der Waals surface area contributed by atoms with Crippen molar-refractivity contribution < 1.29 is 4.74 Å². The molecule has 0 radical (unpaired) electrons. The van der Waals surface area contributed by atoms with Crippen molar-refractivity contribution in [2.45, 2.75) is 16.6 Å². The van der Waals surface area contributed by atoms with Crippen LogP contribution in [0.3, 0.4) is 0 Å². The third-order valence-corrected chi connectivity index (χ3v) is 2.89. The zero-order chi connectivity index (χ0) is 11.1. The number of fused-ring (bicyclic) bond motifs is 1. The highest BCUT2D eigenvalue weighted by molar-refractivity contribution is 6.68. The highest BCUT2D eigenvalue weighted by Gasteiger charge is 2.36. The molecule has 1 N–H and O–H groups in total. The second kappa shape index (κ2) is 4.19. The molecule has 0 saturated carbocycles. The summed E-state index contributed by atoms with van der Waals surface area (Å²) < 4.78 is 3.87. The summed E-state index contributed by atoms with van der Waals surface area (Å²) in [4.78, 5) is 0. The van der Waals surface area contributed by atoms with Crippen molar-refractivity contribution in [2.75, 3.05) is 5.32 Å². The lowest BCUT2D eigenvalue weighted by Gasteiger charge is -2.31. The molecule has 0 bridgehead atoms. The zero-order valence-electron chi connectivity index (χ0n) is 7.44. The molecule has 1 aliphatic heterocycles. The Balaban J connectivity index is 2.24. The van der Waals surface area contributed by atoms with Crippen LogP contribution in [0.5, 0.6) is 0 Å². The van der Waals surface area contributed by atoms with Crippen molar-refractivity contribution >= 4 is 52.1 Å². The van der Waals surface area contributed by atoms with Crippen LogP contribution in [0.1, 0.15) is 5.56 Å². The Hall–Kier alpha value is 0.140.